The summed E-state index contributed by atoms with van der Waals surface area (Å²) in [4.78, 5) is 0.193. The number of nitrogens with zero attached hydrogens (tertiary/aromatic N) is 3. The maximum atomic E-state index is 13.6. The Morgan fingerprint density at radius 2 is 2.22 bits per heavy atom. The molecule has 18 heavy (non-hydrogen) atoms. The Balaban J connectivity index is 2.18. The zero-order valence-electron chi connectivity index (χ0n) is 9.78. The Labute approximate surface area is 122 Å². The van der Waals surface area contributed by atoms with Gasteiger partial charge in [-0.2, -0.15) is 0 Å². The molecule has 0 aliphatic rings. The molecule has 0 bridgehead atoms. The van der Waals surface area contributed by atoms with Crippen molar-refractivity contribution in [2.24, 2.45) is 0 Å². The van der Waals surface area contributed by atoms with Crippen molar-refractivity contribution in [2.45, 2.75) is 24.7 Å². The lowest BCUT2D eigenvalue weighted by Gasteiger charge is -2.03. The minimum absolute atomic E-state index is 0.193. The molecule has 0 amide bonds. The van der Waals surface area contributed by atoms with Gasteiger partial charge < -0.3 is 0 Å². The van der Waals surface area contributed by atoms with Gasteiger partial charge in [0, 0.05) is 16.2 Å². The molecule has 0 fully saturated rings. The van der Waals surface area contributed by atoms with Crippen molar-refractivity contribution in [1.82, 2.24) is 15.0 Å². The fourth-order valence-electron chi connectivity index (χ4n) is 1.58. The minimum Gasteiger partial charge on any atom is -0.248 e. The summed E-state index contributed by atoms with van der Waals surface area (Å²) in [5.41, 5.74) is 1.45. The Morgan fingerprint density at radius 1 is 1.44 bits per heavy atom. The van der Waals surface area contributed by atoms with Gasteiger partial charge in [-0.15, -0.1) is 5.10 Å². The summed E-state index contributed by atoms with van der Waals surface area (Å²) in [5, 5.41) is 8.07. The summed E-state index contributed by atoms with van der Waals surface area (Å²) in [5.74, 6) is -0.235. The van der Waals surface area contributed by atoms with Gasteiger partial charge in [-0.3, -0.25) is 0 Å². The Bertz CT molecular complexity index is 542. The van der Waals surface area contributed by atoms with Gasteiger partial charge in [0.05, 0.1) is 17.1 Å². The topological polar surface area (TPSA) is 30.7 Å². The average Bonchev–Trinajstić information content (AvgIpc) is 2.81. The van der Waals surface area contributed by atoms with Crippen LogP contribution in [0, 0.1) is 5.82 Å². The fourth-order valence-corrected chi connectivity index (χ4v) is 2.20. The van der Waals surface area contributed by atoms with Crippen LogP contribution in [-0.4, -0.2) is 15.0 Å². The van der Waals surface area contributed by atoms with E-state index in [9.17, 15) is 4.39 Å². The number of halogens is 3. The predicted molar refractivity (Wildman–Crippen MR) is 75.2 cm³/mol. The predicted octanol–water partition coefficient (Wildman–Crippen LogP) is 4.07. The van der Waals surface area contributed by atoms with Gasteiger partial charge in [0.2, 0.25) is 0 Å². The molecule has 0 saturated carbocycles. The van der Waals surface area contributed by atoms with E-state index < -0.39 is 0 Å². The van der Waals surface area contributed by atoms with Gasteiger partial charge >= 0.3 is 0 Å². The van der Waals surface area contributed by atoms with Crippen LogP contribution in [-0.2, 0) is 6.54 Å². The number of alkyl halides is 1. The first kappa shape index (κ1) is 13.7. The largest absolute Gasteiger partial charge is 0.248 e. The molecule has 0 aliphatic carbocycles. The lowest BCUT2D eigenvalue weighted by molar-refractivity contribution is 0.576. The number of rotatable bonds is 4. The Morgan fingerprint density at radius 3 is 2.94 bits per heavy atom. The Kier molecular flexibility index (Phi) is 4.50. The maximum Gasteiger partial charge on any atom is 0.128 e. The average molecular weight is 377 g/mol. The molecule has 1 atom stereocenters. The normalized spacial score (nSPS) is 12.7. The van der Waals surface area contributed by atoms with Gasteiger partial charge in [-0.25, -0.2) is 9.07 Å². The third kappa shape index (κ3) is 3.17. The summed E-state index contributed by atoms with van der Waals surface area (Å²) in [6.07, 6.45) is 2.77. The molecule has 0 saturated heterocycles. The van der Waals surface area contributed by atoms with E-state index in [4.69, 9.17) is 0 Å². The van der Waals surface area contributed by atoms with Crippen molar-refractivity contribution in [1.29, 1.82) is 0 Å². The van der Waals surface area contributed by atoms with Crippen LogP contribution in [0.1, 0.15) is 29.4 Å². The quantitative estimate of drug-likeness (QED) is 0.753. The molecular formula is C12H12Br2FN3. The second-order valence-corrected chi connectivity index (χ2v) is 5.97. The van der Waals surface area contributed by atoms with Crippen LogP contribution in [0.25, 0.3) is 0 Å². The fraction of sp³-hybridized carbons (Fsp3) is 0.333. The number of benzene rings is 1. The third-order valence-electron chi connectivity index (χ3n) is 2.58. The van der Waals surface area contributed by atoms with Crippen LogP contribution >= 0.6 is 31.9 Å². The minimum atomic E-state index is -0.235. The second-order valence-electron chi connectivity index (χ2n) is 3.95. The monoisotopic (exact) mass is 375 g/mol. The summed E-state index contributed by atoms with van der Waals surface area (Å²) in [7, 11) is 0. The molecule has 1 aromatic heterocycles. The summed E-state index contributed by atoms with van der Waals surface area (Å²) < 4.78 is 16.1. The van der Waals surface area contributed by atoms with E-state index in [1.165, 1.54) is 6.07 Å². The molecule has 1 aromatic carbocycles. The molecule has 0 aliphatic heterocycles. The lowest BCUT2D eigenvalue weighted by Crippen LogP contribution is -2.02. The van der Waals surface area contributed by atoms with E-state index in [1.54, 1.807) is 16.8 Å². The molecule has 0 N–H and O–H groups in total. The van der Waals surface area contributed by atoms with E-state index in [-0.39, 0.29) is 10.6 Å². The van der Waals surface area contributed by atoms with Crippen LogP contribution in [0.3, 0.4) is 0 Å². The van der Waals surface area contributed by atoms with Crippen molar-refractivity contribution >= 4 is 31.9 Å². The molecule has 1 heterocycles. The van der Waals surface area contributed by atoms with Gasteiger partial charge in [-0.1, -0.05) is 44.0 Å². The van der Waals surface area contributed by atoms with E-state index in [2.05, 4.69) is 49.1 Å². The first-order valence-corrected chi connectivity index (χ1v) is 7.29. The zero-order valence-corrected chi connectivity index (χ0v) is 12.9. The highest BCUT2D eigenvalue weighted by Crippen LogP contribution is 2.23. The maximum absolute atomic E-state index is 13.6. The van der Waals surface area contributed by atoms with Crippen LogP contribution < -0.4 is 0 Å². The standard InChI is InChI=1S/C12H12Br2FN3/c1-2-10(14)12-7-18(17-16-12)6-8-5-9(13)3-4-11(8)15/h3-5,7,10H,2,6H2,1H3. The number of hydrogen-bond acceptors (Lipinski definition) is 2. The van der Waals surface area contributed by atoms with Crippen molar-refractivity contribution in [2.75, 3.05) is 0 Å². The molecule has 6 heteroatoms. The molecule has 0 radical (unpaired) electrons. The van der Waals surface area contributed by atoms with E-state index in [0.29, 0.717) is 12.1 Å². The molecule has 3 nitrogen and oxygen atoms in total. The van der Waals surface area contributed by atoms with Gasteiger partial charge in [0.1, 0.15) is 5.82 Å². The van der Waals surface area contributed by atoms with Gasteiger partial charge in [0.15, 0.2) is 0 Å². The third-order valence-corrected chi connectivity index (χ3v) is 4.19. The zero-order chi connectivity index (χ0) is 13.1. The van der Waals surface area contributed by atoms with E-state index in [1.807, 2.05) is 6.20 Å². The molecule has 0 spiro atoms. The molecule has 2 aromatic rings. The van der Waals surface area contributed by atoms with Gasteiger partial charge in [0.25, 0.3) is 0 Å². The van der Waals surface area contributed by atoms with E-state index in [0.717, 1.165) is 16.6 Å². The van der Waals surface area contributed by atoms with Crippen molar-refractivity contribution in [3.05, 3.63) is 45.9 Å². The van der Waals surface area contributed by atoms with Crippen LogP contribution in [0.5, 0.6) is 0 Å². The van der Waals surface area contributed by atoms with Crippen molar-refractivity contribution < 1.29 is 4.39 Å². The first-order chi connectivity index (χ1) is 8.60. The highest BCUT2D eigenvalue weighted by molar-refractivity contribution is 9.10. The van der Waals surface area contributed by atoms with Crippen LogP contribution in [0.15, 0.2) is 28.9 Å². The SMILES string of the molecule is CCC(Br)c1cn(Cc2cc(Br)ccc2F)nn1. The summed E-state index contributed by atoms with van der Waals surface area (Å²) >= 11 is 6.84. The van der Waals surface area contributed by atoms with E-state index >= 15 is 0 Å². The second kappa shape index (κ2) is 5.93. The smallest absolute Gasteiger partial charge is 0.128 e. The molecule has 96 valence electrons. The summed E-state index contributed by atoms with van der Waals surface area (Å²) in [6, 6.07) is 4.87. The number of hydrogen-bond donors (Lipinski definition) is 0. The lowest BCUT2D eigenvalue weighted by atomic mass is 10.2. The Hall–Kier alpha value is -0.750. The van der Waals surface area contributed by atoms with Gasteiger partial charge in [-0.05, 0) is 24.6 Å². The van der Waals surface area contributed by atoms with Crippen molar-refractivity contribution in [3.8, 4) is 0 Å². The van der Waals surface area contributed by atoms with Crippen LogP contribution in [0.2, 0.25) is 0 Å². The highest BCUT2D eigenvalue weighted by Gasteiger charge is 2.11. The highest BCUT2D eigenvalue weighted by atomic mass is 79.9. The van der Waals surface area contributed by atoms with Crippen molar-refractivity contribution in [3.63, 3.8) is 0 Å². The molecule has 1 unspecified atom stereocenters. The summed E-state index contributed by atoms with van der Waals surface area (Å²) in [6.45, 7) is 2.44. The number of aromatic nitrogens is 3. The first-order valence-electron chi connectivity index (χ1n) is 5.58. The molecule has 2 rings (SSSR count). The van der Waals surface area contributed by atoms with Crippen LogP contribution in [0.4, 0.5) is 4.39 Å². The molecular weight excluding hydrogens is 365 g/mol.